The van der Waals surface area contributed by atoms with Crippen LogP contribution >= 0.6 is 15.9 Å². The van der Waals surface area contributed by atoms with Crippen molar-refractivity contribution in [1.29, 1.82) is 0 Å². The Kier molecular flexibility index (Phi) is 9.52. The van der Waals surface area contributed by atoms with Crippen molar-refractivity contribution in [1.82, 2.24) is 5.32 Å². The zero-order valence-corrected chi connectivity index (χ0v) is 24.6. The number of benzene rings is 5. The first-order chi connectivity index (χ1) is 20.9. The Balaban J connectivity index is 1.25. The van der Waals surface area contributed by atoms with Crippen LogP contribution in [0.2, 0.25) is 0 Å². The molecule has 0 spiro atoms. The maximum Gasteiger partial charge on any atom is 0.272 e. The van der Waals surface area contributed by atoms with E-state index in [0.29, 0.717) is 16.8 Å². The zero-order chi connectivity index (χ0) is 30.0. The number of carbonyl (C=O) groups excluding carboxylic acids is 3. The lowest BCUT2D eigenvalue weighted by molar-refractivity contribution is -0.113. The minimum Gasteiger partial charge on any atom is -0.321 e. The summed E-state index contributed by atoms with van der Waals surface area (Å²) in [6, 6.07) is 40.8. The minimum atomic E-state index is -0.495. The smallest absolute Gasteiger partial charge is 0.272 e. The van der Waals surface area contributed by atoms with E-state index < -0.39 is 11.8 Å². The van der Waals surface area contributed by atoms with Crippen LogP contribution in [0.25, 0.3) is 23.3 Å². The molecule has 2 N–H and O–H groups in total. The lowest BCUT2D eigenvalue weighted by Gasteiger charge is -2.12. The maximum absolute atomic E-state index is 13.3. The molecule has 0 aliphatic heterocycles. The van der Waals surface area contributed by atoms with Gasteiger partial charge in [0, 0.05) is 21.3 Å². The van der Waals surface area contributed by atoms with E-state index in [9.17, 15) is 14.4 Å². The quantitative estimate of drug-likeness (QED) is 0.127. The van der Waals surface area contributed by atoms with Gasteiger partial charge in [-0.05, 0) is 82.9 Å². The molecule has 0 fully saturated rings. The van der Waals surface area contributed by atoms with Gasteiger partial charge in [-0.15, -0.1) is 0 Å². The van der Waals surface area contributed by atoms with Crippen LogP contribution in [0.1, 0.15) is 31.8 Å². The number of anilines is 1. The number of hydrogen-bond acceptors (Lipinski definition) is 3. The van der Waals surface area contributed by atoms with Gasteiger partial charge in [0.15, 0.2) is 5.78 Å². The van der Waals surface area contributed by atoms with Gasteiger partial charge in [0.1, 0.15) is 5.70 Å². The van der Waals surface area contributed by atoms with Gasteiger partial charge >= 0.3 is 0 Å². The van der Waals surface area contributed by atoms with E-state index in [4.69, 9.17) is 0 Å². The molecule has 5 rings (SSSR count). The standard InChI is InChI=1S/C37H27BrN2O3/c38-32-20-13-27(14-21-32)25-34(40-36(42)31-9-5-2-6-10-31)37(43)39-33-22-18-30(19-23-33)35(41)24-15-26-11-16-29(17-12-26)28-7-3-1-4-8-28/h1-25H,(H,39,43)(H,40,42)/b24-15+,34-25-. The number of halogens is 1. The van der Waals surface area contributed by atoms with Crippen LogP contribution in [0.3, 0.4) is 0 Å². The summed E-state index contributed by atoms with van der Waals surface area (Å²) in [5.74, 6) is -1.05. The van der Waals surface area contributed by atoms with E-state index >= 15 is 0 Å². The van der Waals surface area contributed by atoms with Crippen molar-refractivity contribution >= 4 is 51.4 Å². The Bertz CT molecular complexity index is 1780. The number of allylic oxidation sites excluding steroid dienone is 1. The van der Waals surface area contributed by atoms with Crippen molar-refractivity contribution in [3.05, 3.63) is 172 Å². The molecule has 5 nitrogen and oxygen atoms in total. The van der Waals surface area contributed by atoms with Crippen LogP contribution in [-0.4, -0.2) is 17.6 Å². The van der Waals surface area contributed by atoms with Gasteiger partial charge in [-0.25, -0.2) is 0 Å². The molecule has 0 unspecified atom stereocenters. The topological polar surface area (TPSA) is 75.3 Å². The summed E-state index contributed by atoms with van der Waals surface area (Å²) in [5.41, 5.74) is 5.38. The summed E-state index contributed by atoms with van der Waals surface area (Å²) in [7, 11) is 0. The number of nitrogens with one attached hydrogen (secondary N) is 2. The van der Waals surface area contributed by atoms with Crippen molar-refractivity contribution in [3.63, 3.8) is 0 Å². The molecular formula is C37H27BrN2O3. The van der Waals surface area contributed by atoms with E-state index in [1.165, 1.54) is 6.08 Å². The molecule has 0 aliphatic rings. The normalized spacial score (nSPS) is 11.2. The Labute approximate surface area is 258 Å². The van der Waals surface area contributed by atoms with Gasteiger partial charge in [0.05, 0.1) is 0 Å². The highest BCUT2D eigenvalue weighted by Gasteiger charge is 2.15. The number of hydrogen-bond donors (Lipinski definition) is 2. The number of ketones is 1. The summed E-state index contributed by atoms with van der Waals surface area (Å²) >= 11 is 3.41. The van der Waals surface area contributed by atoms with Crippen LogP contribution in [-0.2, 0) is 4.79 Å². The molecule has 2 amide bonds. The first-order valence-corrected chi connectivity index (χ1v) is 14.4. The van der Waals surface area contributed by atoms with Crippen LogP contribution in [0.4, 0.5) is 5.69 Å². The number of amides is 2. The van der Waals surface area contributed by atoms with Gasteiger partial charge in [-0.1, -0.05) is 107 Å². The van der Waals surface area contributed by atoms with Crippen molar-refractivity contribution in [2.24, 2.45) is 0 Å². The van der Waals surface area contributed by atoms with Gasteiger partial charge in [-0.3, -0.25) is 14.4 Å². The molecule has 0 saturated carbocycles. The highest BCUT2D eigenvalue weighted by Crippen LogP contribution is 2.20. The number of carbonyl (C=O) groups is 3. The first-order valence-electron chi connectivity index (χ1n) is 13.6. The van der Waals surface area contributed by atoms with Gasteiger partial charge in [0.25, 0.3) is 11.8 Å². The second kappa shape index (κ2) is 14.0. The molecule has 5 aromatic carbocycles. The first kappa shape index (κ1) is 29.2. The van der Waals surface area contributed by atoms with Gasteiger partial charge in [0.2, 0.25) is 0 Å². The molecular weight excluding hydrogens is 600 g/mol. The predicted molar refractivity (Wildman–Crippen MR) is 176 cm³/mol. The molecule has 0 radical (unpaired) electrons. The Morgan fingerprint density at radius 3 is 1.81 bits per heavy atom. The maximum atomic E-state index is 13.3. The summed E-state index contributed by atoms with van der Waals surface area (Å²) in [6.45, 7) is 0. The van der Waals surface area contributed by atoms with Crippen LogP contribution in [0.15, 0.2) is 150 Å². The average Bonchev–Trinajstić information content (AvgIpc) is 3.05. The van der Waals surface area contributed by atoms with Crippen molar-refractivity contribution in [2.45, 2.75) is 0 Å². The second-order valence-electron chi connectivity index (χ2n) is 9.65. The summed E-state index contributed by atoms with van der Waals surface area (Å²) in [4.78, 5) is 38.9. The third-order valence-electron chi connectivity index (χ3n) is 6.58. The molecule has 210 valence electrons. The third-order valence-corrected chi connectivity index (χ3v) is 7.11. The molecule has 43 heavy (non-hydrogen) atoms. The molecule has 0 bridgehead atoms. The minimum absolute atomic E-state index is 0.0811. The van der Waals surface area contributed by atoms with Crippen molar-refractivity contribution in [3.8, 4) is 11.1 Å². The largest absolute Gasteiger partial charge is 0.321 e. The summed E-state index contributed by atoms with van der Waals surface area (Å²) in [6.07, 6.45) is 4.92. The zero-order valence-electron chi connectivity index (χ0n) is 23.0. The van der Waals surface area contributed by atoms with Crippen LogP contribution in [0.5, 0.6) is 0 Å². The highest BCUT2D eigenvalue weighted by atomic mass is 79.9. The van der Waals surface area contributed by atoms with E-state index in [1.54, 1.807) is 60.7 Å². The fourth-order valence-electron chi connectivity index (χ4n) is 4.27. The Morgan fingerprint density at radius 2 is 1.16 bits per heavy atom. The molecule has 5 aromatic rings. The van der Waals surface area contributed by atoms with E-state index in [0.717, 1.165) is 26.7 Å². The highest BCUT2D eigenvalue weighted by molar-refractivity contribution is 9.10. The Morgan fingerprint density at radius 1 is 0.581 bits per heavy atom. The molecule has 0 aromatic heterocycles. The molecule has 0 heterocycles. The third kappa shape index (κ3) is 8.12. The predicted octanol–water partition coefficient (Wildman–Crippen LogP) is 8.42. The molecule has 6 heteroatoms. The molecule has 0 aliphatic carbocycles. The SMILES string of the molecule is O=C(Nc1ccc(C(=O)/C=C/c2ccc(-c3ccccc3)cc2)cc1)/C(=C/c1ccc(Br)cc1)NC(=O)c1ccccc1. The van der Waals surface area contributed by atoms with Gasteiger partial charge < -0.3 is 10.6 Å². The Hall–Kier alpha value is -5.33. The van der Waals surface area contributed by atoms with E-state index in [2.05, 4.69) is 38.7 Å². The summed E-state index contributed by atoms with van der Waals surface area (Å²) < 4.78 is 0.898. The lowest BCUT2D eigenvalue weighted by atomic mass is 10.0. The number of rotatable bonds is 9. The molecule has 0 atom stereocenters. The lowest BCUT2D eigenvalue weighted by Crippen LogP contribution is -2.30. The fraction of sp³-hybridized carbons (Fsp3) is 0. The van der Waals surface area contributed by atoms with Crippen molar-refractivity contribution in [2.75, 3.05) is 5.32 Å². The monoisotopic (exact) mass is 626 g/mol. The molecule has 0 saturated heterocycles. The summed E-state index contributed by atoms with van der Waals surface area (Å²) in [5, 5.41) is 5.54. The fourth-order valence-corrected chi connectivity index (χ4v) is 4.53. The van der Waals surface area contributed by atoms with Crippen LogP contribution < -0.4 is 10.6 Å². The van der Waals surface area contributed by atoms with Crippen molar-refractivity contribution < 1.29 is 14.4 Å². The van der Waals surface area contributed by atoms with E-state index in [1.807, 2.05) is 72.8 Å². The van der Waals surface area contributed by atoms with E-state index in [-0.39, 0.29) is 11.5 Å². The average molecular weight is 628 g/mol. The van der Waals surface area contributed by atoms with Gasteiger partial charge in [-0.2, -0.15) is 0 Å². The second-order valence-corrected chi connectivity index (χ2v) is 10.6. The van der Waals surface area contributed by atoms with Crippen LogP contribution in [0, 0.1) is 0 Å².